The van der Waals surface area contributed by atoms with Crippen molar-refractivity contribution in [2.75, 3.05) is 0 Å². The van der Waals surface area contributed by atoms with Gasteiger partial charge in [0.05, 0.1) is 0 Å². The Labute approximate surface area is 149 Å². The first kappa shape index (κ1) is 18.3. The summed E-state index contributed by atoms with van der Waals surface area (Å²) >= 11 is 0. The van der Waals surface area contributed by atoms with Crippen LogP contribution >= 0.6 is 0 Å². The normalized spacial score (nSPS) is 18.0. The van der Waals surface area contributed by atoms with E-state index in [0.717, 1.165) is 0 Å². The van der Waals surface area contributed by atoms with Gasteiger partial charge < -0.3 is 0 Å². The van der Waals surface area contributed by atoms with Gasteiger partial charge in [0, 0.05) is 0 Å². The van der Waals surface area contributed by atoms with E-state index in [1.165, 1.54) is 0 Å². The molecule has 0 atom stereocenters. The van der Waals surface area contributed by atoms with Crippen LogP contribution in [0.15, 0.2) is 0 Å². The van der Waals surface area contributed by atoms with Crippen LogP contribution in [0.2, 0.25) is 0 Å². The Morgan fingerprint density at radius 2 is 0.667 bits per heavy atom. The van der Waals surface area contributed by atoms with Gasteiger partial charge in [0.2, 0.25) is 0 Å². The zero-order chi connectivity index (χ0) is 6.41. The summed E-state index contributed by atoms with van der Waals surface area (Å²) in [7, 11) is -10.8. The van der Waals surface area contributed by atoms with Gasteiger partial charge in [-0.25, -0.2) is 0 Å². The third-order valence-electron chi connectivity index (χ3n) is 0. The van der Waals surface area contributed by atoms with Gasteiger partial charge >= 0.3 is 154 Å². The Morgan fingerprint density at radius 1 is 0.667 bits per heavy atom. The molecule has 0 amide bonds. The molecule has 0 N–H and O–H groups in total. The van der Waals surface area contributed by atoms with Gasteiger partial charge in [0.1, 0.15) is 0 Å². The zero-order valence-corrected chi connectivity index (χ0v) is 15.2. The molecule has 0 nitrogen and oxygen atoms in total. The number of hydrogen-bond donors (Lipinski definition) is 0. The Kier molecular flexibility index (Phi) is 7.52. The van der Waals surface area contributed by atoms with Crippen LogP contribution in [-0.2, 0) is 0 Å². The van der Waals surface area contributed by atoms with E-state index < -0.39 is 8.63 Å². The summed E-state index contributed by atoms with van der Waals surface area (Å²) in [6.45, 7) is 0. The van der Waals surface area contributed by atoms with Crippen LogP contribution in [0.5, 0.6) is 0 Å². The molecule has 0 fully saturated rings. The second kappa shape index (κ2) is 3.70. The van der Waals surface area contributed by atoms with Crippen molar-refractivity contribution in [2.45, 2.75) is 0 Å². The largest absolute Gasteiger partial charge is 1.00 e. The monoisotopic (exact) mass is 314 g/mol. The minimum absolute atomic E-state index is 0. The molecule has 0 radical (unpaired) electrons. The predicted molar refractivity (Wildman–Crippen MR) is 12.4 cm³/mol. The van der Waals surface area contributed by atoms with Crippen molar-refractivity contribution in [2.24, 2.45) is 0 Å². The fourth-order valence-electron chi connectivity index (χ4n) is 0. The molecule has 0 rings (SSSR count). The molecule has 0 aliphatic carbocycles. The number of rotatable bonds is 0. The van der Waals surface area contributed by atoms with E-state index in [0.29, 0.717) is 0 Å². The van der Waals surface area contributed by atoms with Crippen molar-refractivity contribution in [3.63, 3.8) is 0 Å². The van der Waals surface area contributed by atoms with E-state index in [1.54, 1.807) is 0 Å². The first-order chi connectivity index (χ1) is 2.45. The zero-order valence-electron chi connectivity index (χ0n) is 4.77. The number of hydrogen-bond acceptors (Lipinski definition) is 0. The maximum absolute atomic E-state index is 10.8. The molecule has 0 saturated carbocycles. The van der Waals surface area contributed by atoms with Crippen LogP contribution in [0.1, 0.15) is 0 Å². The van der Waals surface area contributed by atoms with Crippen LogP contribution < -0.4 is 120 Å². The topological polar surface area (TPSA) is 0 Å². The van der Waals surface area contributed by atoms with E-state index in [9.17, 15) is 24.6 Å². The van der Waals surface area contributed by atoms with E-state index in [-0.39, 0.29) is 120 Å². The van der Waals surface area contributed by atoms with Crippen LogP contribution in [0, 0.1) is 0 Å². The molecule has 0 aromatic carbocycles. The molecule has 48 valence electrons. The van der Waals surface area contributed by atoms with Gasteiger partial charge in [-0.3, -0.25) is 0 Å². The van der Waals surface area contributed by atoms with E-state index in [2.05, 4.69) is 0 Å². The van der Waals surface area contributed by atoms with Gasteiger partial charge in [-0.2, -0.15) is 0 Å². The van der Waals surface area contributed by atoms with Gasteiger partial charge in [0.25, 0.3) is 0 Å². The molecular formula is CsF6KSi. The Hall–Kier alpha value is 3.49. The van der Waals surface area contributed by atoms with Crippen molar-refractivity contribution in [3.05, 3.63) is 0 Å². The Bertz CT molecular complexity index is 71.6. The van der Waals surface area contributed by atoms with Crippen molar-refractivity contribution >= 4 is 8.63 Å². The van der Waals surface area contributed by atoms with Gasteiger partial charge in [-0.15, -0.1) is 0 Å². The maximum Gasteiger partial charge on any atom is 1.00 e. The predicted octanol–water partition coefficient (Wildman–Crippen LogP) is -3.85. The van der Waals surface area contributed by atoms with Crippen molar-refractivity contribution in [3.8, 4) is 0 Å². The third kappa shape index (κ3) is 85.1. The molecule has 0 aromatic rings. The minimum Gasteiger partial charge on any atom is 1.00 e. The maximum atomic E-state index is 9.88. The van der Waals surface area contributed by atoms with Gasteiger partial charge in [0.15, 0.2) is 0 Å². The Morgan fingerprint density at radius 3 is 0.667 bits per heavy atom. The first-order valence-corrected chi connectivity index (χ1v) is 3.40. The quantitative estimate of drug-likeness (QED) is 0.244. The summed E-state index contributed by atoms with van der Waals surface area (Å²) < 4.78 is 59.3. The van der Waals surface area contributed by atoms with Crippen molar-refractivity contribution in [1.82, 2.24) is 0 Å². The van der Waals surface area contributed by atoms with Crippen LogP contribution in [0.3, 0.4) is 0 Å². The molecule has 0 bridgehead atoms. The molecule has 0 aromatic heterocycles. The molecule has 0 heterocycles. The average Bonchev–Trinajstić information content (AvgIpc) is 0.592. The molecular weight excluding hydrogens is 314 g/mol. The fraction of sp³-hybridized carbons (Fsp3) is 0. The van der Waals surface area contributed by atoms with E-state index >= 15 is 0 Å². The molecule has 0 spiro atoms. The number of halogens is 6. The van der Waals surface area contributed by atoms with Crippen LogP contribution in [0.25, 0.3) is 0 Å². The SMILES string of the molecule is F[Si-2](F)(F)(F)(F)F.[Cs+].[K+]. The second-order valence-corrected chi connectivity index (χ2v) is 3.21. The summed E-state index contributed by atoms with van der Waals surface area (Å²) in [6, 6.07) is 0. The average molecular weight is 314 g/mol. The van der Waals surface area contributed by atoms with Gasteiger partial charge in [-0.05, 0) is 0 Å². The van der Waals surface area contributed by atoms with Crippen molar-refractivity contribution < 1.29 is 145 Å². The molecule has 0 aliphatic rings. The third-order valence-corrected chi connectivity index (χ3v) is 0. The minimum atomic E-state index is -10.8. The van der Waals surface area contributed by atoms with Crippen LogP contribution in [0.4, 0.5) is 24.6 Å². The molecule has 0 saturated heterocycles. The summed E-state index contributed by atoms with van der Waals surface area (Å²) in [5.41, 5.74) is 0. The molecule has 9 heavy (non-hydrogen) atoms. The van der Waals surface area contributed by atoms with Crippen molar-refractivity contribution in [1.29, 1.82) is 0 Å². The first-order valence-electron chi connectivity index (χ1n) is 1.13. The fourth-order valence-corrected chi connectivity index (χ4v) is 0. The summed E-state index contributed by atoms with van der Waals surface area (Å²) in [6.07, 6.45) is 0. The second-order valence-electron chi connectivity index (χ2n) is 1.07. The van der Waals surface area contributed by atoms with E-state index in [1.807, 2.05) is 0 Å². The summed E-state index contributed by atoms with van der Waals surface area (Å²) in [5, 5.41) is 0. The standard InChI is InChI=1S/Cs.F6Si.K/c;1-7(2,3,4,5)6;/q+1;-2;+1. The summed E-state index contributed by atoms with van der Waals surface area (Å²) in [5.74, 6) is 0. The molecule has 0 unspecified atom stereocenters. The Balaban J connectivity index is -0.000000180. The van der Waals surface area contributed by atoms with E-state index in [4.69, 9.17) is 0 Å². The molecule has 0 aliphatic heterocycles. The summed E-state index contributed by atoms with van der Waals surface area (Å²) in [4.78, 5) is 0. The molecule has 9 heteroatoms. The van der Waals surface area contributed by atoms with Gasteiger partial charge in [-0.1, -0.05) is 0 Å². The van der Waals surface area contributed by atoms with Crippen LogP contribution in [-0.4, -0.2) is 8.63 Å². The smallest absolute Gasteiger partial charge is 1.00 e.